The fourth-order valence-corrected chi connectivity index (χ4v) is 0. The number of aliphatic hydroxyl groups is 1. The Hall–Kier alpha value is 5.68. The minimum Gasteiger partial charge on any atom is -0.680 e. The molecule has 0 saturated carbocycles. The molecule has 0 heterocycles. The second-order valence-corrected chi connectivity index (χ2v) is 15.1. The van der Waals surface area contributed by atoms with Gasteiger partial charge in [-0.15, -0.1) is 0 Å². The Morgan fingerprint density at radius 3 is 0.755 bits per heavy atom. The molecule has 53 heavy (non-hydrogen) atoms. The third-order valence-electron chi connectivity index (χ3n) is 1.27. The summed E-state index contributed by atoms with van der Waals surface area (Å²) in [7, 11) is -16.9. The number of nitrogens with one attached hydrogen (secondary N) is 1. The predicted octanol–water partition coefficient (Wildman–Crippen LogP) is -0.427. The molecule has 0 aliphatic rings. The van der Waals surface area contributed by atoms with Crippen molar-refractivity contribution in [3.05, 3.63) is 5.73 Å². The first-order valence-electron chi connectivity index (χ1n) is 10.1. The maximum atomic E-state index is 10.1. The van der Waals surface area contributed by atoms with E-state index in [-0.39, 0.29) is 190 Å². The molecule has 0 aliphatic carbocycles. The Bertz CT molecular complexity index is 1010. The molecule has 1 atom stereocenters. The van der Waals surface area contributed by atoms with Gasteiger partial charge in [-0.05, 0) is 0 Å². The summed E-state index contributed by atoms with van der Waals surface area (Å²) >= 11 is 0. The van der Waals surface area contributed by atoms with Crippen LogP contribution in [0.5, 0.6) is 0 Å². The quantitative estimate of drug-likeness (QED) is 0.126. The van der Waals surface area contributed by atoms with E-state index < -0.39 is 59.6 Å². The summed E-state index contributed by atoms with van der Waals surface area (Å²) in [6.07, 6.45) is 1.10. The van der Waals surface area contributed by atoms with Crippen LogP contribution in [-0.2, 0) is 252 Å². The zero-order valence-electron chi connectivity index (χ0n) is 29.9. The predicted molar refractivity (Wildman–Crippen MR) is 163 cm³/mol. The number of aliphatic carboxylic acids is 1. The summed E-state index contributed by atoms with van der Waals surface area (Å²) in [5.74, 6) is -0.833. The Morgan fingerprint density at radius 1 is 0.679 bits per heavy atom. The van der Waals surface area contributed by atoms with Crippen molar-refractivity contribution in [2.24, 2.45) is 5.14 Å². The number of hydrogen-bond donors (Lipinski definition) is 10. The van der Waals surface area contributed by atoms with Crippen molar-refractivity contribution < 1.29 is 290 Å². The van der Waals surface area contributed by atoms with E-state index in [2.05, 4.69) is 18.0 Å². The van der Waals surface area contributed by atoms with Crippen molar-refractivity contribution in [3.8, 4) is 0 Å². The van der Waals surface area contributed by atoms with Crippen LogP contribution in [0.3, 0.4) is 0 Å². The maximum Gasteiger partial charge on any atom is 0.469 e. The van der Waals surface area contributed by atoms with E-state index in [1.807, 2.05) is 13.8 Å². The van der Waals surface area contributed by atoms with Crippen LogP contribution in [-0.4, -0.2) is 136 Å². The Kier molecular flexibility index (Phi) is 183. The fraction of sp³-hybridized carbons (Fsp3) is 0.929. The van der Waals surface area contributed by atoms with E-state index in [4.69, 9.17) is 54.3 Å². The van der Waals surface area contributed by atoms with E-state index >= 15 is 0 Å². The van der Waals surface area contributed by atoms with Crippen LogP contribution in [0.25, 0.3) is 5.73 Å². The fourth-order valence-electron chi connectivity index (χ4n) is 0. The van der Waals surface area contributed by atoms with Gasteiger partial charge in [-0.1, -0.05) is 20.8 Å². The zero-order valence-corrected chi connectivity index (χ0v) is 61.4. The normalized spacial score (nSPS) is 9.25. The minimum atomic E-state index is -4.16. The van der Waals surface area contributed by atoms with Gasteiger partial charge in [-0.25, -0.2) is 9.70 Å². The Balaban J connectivity index is -0.0000000142. The number of hydrogen-bond acceptors (Lipinski definition) is 14. The molecule has 0 aromatic heterocycles. The van der Waals surface area contributed by atoms with Crippen LogP contribution in [0, 0.1) is 0 Å². The van der Waals surface area contributed by atoms with E-state index in [1.54, 1.807) is 6.92 Å². The monoisotopic (exact) mass is 2440 g/mol. The largest absolute Gasteiger partial charge is 0.680 e. The van der Waals surface area contributed by atoms with Crippen LogP contribution >= 0.6 is 22.8 Å². The molecule has 1 unspecified atom stereocenters. The number of carboxylic acid groups (broad SMARTS) is 1. The van der Waals surface area contributed by atoms with Crippen LogP contribution in [0.1, 0.15) is 27.7 Å². The minimum absolute atomic E-state index is 0. The number of nitrogens with two attached hydrogens (primary N) is 1. The molecule has 0 radical (unpaired) electrons. The second kappa shape index (κ2) is 78.2. The van der Waals surface area contributed by atoms with Gasteiger partial charge in [0.2, 0.25) is 0 Å². The number of aliphatic hydroxyl groups excluding tert-OH is 1. The molecule has 0 fully saturated rings. The van der Waals surface area contributed by atoms with Crippen molar-refractivity contribution in [1.29, 1.82) is 0 Å². The van der Waals surface area contributed by atoms with E-state index in [0.29, 0.717) is 12.4 Å². The van der Waals surface area contributed by atoms with Crippen molar-refractivity contribution >= 4 is 59.6 Å². The molecular formula is C14H50N2O22P3S3W9-. The van der Waals surface area contributed by atoms with Crippen molar-refractivity contribution in [2.45, 2.75) is 27.7 Å². The first-order valence-corrected chi connectivity index (χ1v) is 20.7. The van der Waals surface area contributed by atoms with Gasteiger partial charge in [-0.2, -0.15) is 32.3 Å². The molecule has 0 aromatic rings. The standard InChI is InChI=1S/C3H9O2P.C2H4O2.C2H6.CH5NO3S.CH4N.CH5O4P.CH4O4S.CH5O3P.CH4O3S.CH4O.9W/c1-3-6(2,4)5;1-2(3)4;1-2;1-5-6(2,3)4;1-2;2*1-5-6(2,3)4;2*1-5(2,3)4;1-2;;;;;;;;;/h3H2,1-2H3,(H,4,5);1H3,(H,3,4);1-2H3;1H3,(H2,2,3,4);2H,1H3;1H3,(H2,2,3,4);1H3,(H,2,3,4);1H3,(H2,2,3,4);1H3,(H,2,3,4);2H,1H3;;;;;;;;;/q;;;;-1;;;;;;;;;;;;;;. The number of carboxylic acids is 1. The summed E-state index contributed by atoms with van der Waals surface area (Å²) in [5.41, 5.74) is 5.75. The van der Waals surface area contributed by atoms with Crippen LogP contribution < -0.4 is 5.14 Å². The van der Waals surface area contributed by atoms with Gasteiger partial charge in [0.15, 0.2) is 7.37 Å². The van der Waals surface area contributed by atoms with Gasteiger partial charge in [0, 0.05) is 230 Å². The molecule has 0 amide bonds. The Labute approximate surface area is 443 Å². The third kappa shape index (κ3) is 572. The Morgan fingerprint density at radius 2 is 0.755 bits per heavy atom. The molecule has 0 spiro atoms. The van der Waals surface area contributed by atoms with Crippen LogP contribution in [0.2, 0.25) is 0 Å². The van der Waals surface area contributed by atoms with Gasteiger partial charge < -0.3 is 40.4 Å². The SMILES string of the molecule is CC.CC(=O)O.CCP(C)(=O)O.CO.COP(=O)(O)O.COS(=O)(=O)O.COS(N)(=O)=O.CP(=O)(O)O.CS(=O)(=O)O.C[NH-].[W].[W].[W].[W].[W].[W].[W].[W].[W]. The van der Waals surface area contributed by atoms with Crippen LogP contribution in [0.4, 0.5) is 0 Å². The van der Waals surface area contributed by atoms with Crippen LogP contribution in [0.15, 0.2) is 0 Å². The van der Waals surface area contributed by atoms with Gasteiger partial charge in [0.25, 0.3) is 16.1 Å². The smallest absolute Gasteiger partial charge is 0.469 e. The average molecular weight is 2440 g/mol. The summed E-state index contributed by atoms with van der Waals surface area (Å²) in [6.45, 7) is 8.99. The second-order valence-electron chi connectivity index (χ2n) is 5.38. The molecule has 12 N–H and O–H groups in total. The number of phosphoric ester groups is 1. The van der Waals surface area contributed by atoms with Crippen molar-refractivity contribution in [1.82, 2.24) is 0 Å². The molecule has 0 saturated heterocycles. The molecular weight excluding hydrogens is 2390 g/mol. The topological polar surface area (TPSA) is 430 Å². The van der Waals surface area contributed by atoms with E-state index in [1.165, 1.54) is 13.7 Å². The molecule has 0 aliphatic heterocycles. The average Bonchev–Trinajstić information content (AvgIpc) is 2.80. The maximum absolute atomic E-state index is 10.1. The van der Waals surface area contributed by atoms with Gasteiger partial charge in [0.05, 0.1) is 20.5 Å². The van der Waals surface area contributed by atoms with Gasteiger partial charge >= 0.3 is 36.1 Å². The zero-order chi connectivity index (χ0) is 39.4. The molecule has 39 heteroatoms. The van der Waals surface area contributed by atoms with Gasteiger partial charge in [-0.3, -0.25) is 35.9 Å². The van der Waals surface area contributed by atoms with E-state index in [9.17, 15) is 38.9 Å². The summed E-state index contributed by atoms with van der Waals surface area (Å²) in [6, 6.07) is 0. The molecule has 0 rings (SSSR count). The molecule has 0 bridgehead atoms. The van der Waals surface area contributed by atoms with Gasteiger partial charge in [0.1, 0.15) is 0 Å². The molecule has 336 valence electrons. The summed E-state index contributed by atoms with van der Waals surface area (Å²) in [5, 5.41) is 18.7. The third-order valence-corrected chi connectivity index (χ3v) is 3.80. The van der Waals surface area contributed by atoms with E-state index in [0.717, 1.165) is 42.0 Å². The number of rotatable bonds is 4. The first kappa shape index (κ1) is 124. The summed E-state index contributed by atoms with van der Waals surface area (Å²) < 4.78 is 111. The van der Waals surface area contributed by atoms with Crippen molar-refractivity contribution in [2.75, 3.05) is 61.2 Å². The van der Waals surface area contributed by atoms with Crippen molar-refractivity contribution in [3.63, 3.8) is 0 Å². The number of carbonyl (C=O) groups is 1. The molecule has 24 nitrogen and oxygen atoms in total. The summed E-state index contributed by atoms with van der Waals surface area (Å²) in [4.78, 5) is 48.1. The molecule has 0 aromatic carbocycles. The first-order chi connectivity index (χ1) is 19.0. The number of phosphoric acid groups is 1.